The van der Waals surface area contributed by atoms with Crippen molar-refractivity contribution in [2.75, 3.05) is 12.3 Å². The Morgan fingerprint density at radius 2 is 2.11 bits per heavy atom. The van der Waals surface area contributed by atoms with Crippen LogP contribution in [0, 0.1) is 11.7 Å². The number of hydrogen-bond donors (Lipinski definition) is 0. The highest BCUT2D eigenvalue weighted by atomic mass is 32.2. The van der Waals surface area contributed by atoms with Crippen LogP contribution in [0.4, 0.5) is 4.39 Å². The van der Waals surface area contributed by atoms with Crippen molar-refractivity contribution in [1.29, 1.82) is 0 Å². The molecule has 1 aliphatic heterocycles. The van der Waals surface area contributed by atoms with Crippen molar-refractivity contribution in [3.63, 3.8) is 0 Å². The second-order valence-corrected chi connectivity index (χ2v) is 9.51. The molecule has 28 heavy (non-hydrogen) atoms. The number of thioether (sulfide) groups is 1. The predicted molar refractivity (Wildman–Crippen MR) is 112 cm³/mol. The van der Waals surface area contributed by atoms with Crippen molar-refractivity contribution < 1.29 is 9.18 Å². The SMILES string of the molecule is O=C1CC2(CCCCC2Cc2ccccc2F)SCCN1Cc1cccnc1. The van der Waals surface area contributed by atoms with Crippen LogP contribution in [-0.2, 0) is 17.8 Å². The summed E-state index contributed by atoms with van der Waals surface area (Å²) in [7, 11) is 0. The van der Waals surface area contributed by atoms with Crippen LogP contribution in [-0.4, -0.2) is 32.8 Å². The molecule has 0 radical (unpaired) electrons. The number of benzene rings is 1. The predicted octanol–water partition coefficient (Wildman–Crippen LogP) is 4.86. The Balaban J connectivity index is 1.52. The Labute approximate surface area is 170 Å². The molecule has 2 fully saturated rings. The molecule has 1 saturated carbocycles. The van der Waals surface area contributed by atoms with E-state index in [1.54, 1.807) is 18.3 Å². The number of rotatable bonds is 4. The Kier molecular flexibility index (Phi) is 6.00. The second-order valence-electron chi connectivity index (χ2n) is 8.00. The lowest BCUT2D eigenvalue weighted by Gasteiger charge is -2.43. The average Bonchev–Trinajstić information content (AvgIpc) is 2.86. The summed E-state index contributed by atoms with van der Waals surface area (Å²) in [5.74, 6) is 1.41. The summed E-state index contributed by atoms with van der Waals surface area (Å²) in [6.45, 7) is 1.40. The number of hydrogen-bond acceptors (Lipinski definition) is 3. The maximum Gasteiger partial charge on any atom is 0.224 e. The molecule has 2 heterocycles. The molecule has 5 heteroatoms. The van der Waals surface area contributed by atoms with E-state index in [2.05, 4.69) is 4.98 Å². The van der Waals surface area contributed by atoms with Gasteiger partial charge in [0.1, 0.15) is 5.82 Å². The third kappa shape index (κ3) is 4.24. The van der Waals surface area contributed by atoms with Gasteiger partial charge in [-0.25, -0.2) is 4.39 Å². The Bertz CT molecular complexity index is 815. The molecular weight excluding hydrogens is 371 g/mol. The van der Waals surface area contributed by atoms with Crippen LogP contribution >= 0.6 is 11.8 Å². The van der Waals surface area contributed by atoms with Crippen LogP contribution in [0.1, 0.15) is 43.2 Å². The van der Waals surface area contributed by atoms with Gasteiger partial charge in [-0.15, -0.1) is 0 Å². The van der Waals surface area contributed by atoms with Gasteiger partial charge in [-0.3, -0.25) is 9.78 Å². The Morgan fingerprint density at radius 1 is 1.21 bits per heavy atom. The first kappa shape index (κ1) is 19.4. The van der Waals surface area contributed by atoms with Crippen molar-refractivity contribution >= 4 is 17.7 Å². The van der Waals surface area contributed by atoms with Gasteiger partial charge in [-0.2, -0.15) is 11.8 Å². The summed E-state index contributed by atoms with van der Waals surface area (Å²) in [5, 5.41) is 0. The number of carbonyl (C=O) groups excluding carboxylic acids is 1. The van der Waals surface area contributed by atoms with E-state index in [4.69, 9.17) is 0 Å². The minimum atomic E-state index is -0.119. The van der Waals surface area contributed by atoms with Crippen molar-refractivity contribution in [2.45, 2.75) is 49.8 Å². The molecule has 1 saturated heterocycles. The van der Waals surface area contributed by atoms with E-state index in [1.165, 1.54) is 6.42 Å². The number of carbonyl (C=O) groups is 1. The van der Waals surface area contributed by atoms with Crippen LogP contribution in [0.2, 0.25) is 0 Å². The molecular formula is C23H27FN2OS. The average molecular weight is 399 g/mol. The summed E-state index contributed by atoms with van der Waals surface area (Å²) >= 11 is 1.96. The molecule has 2 aliphatic rings. The first-order chi connectivity index (χ1) is 13.7. The van der Waals surface area contributed by atoms with E-state index in [0.29, 0.717) is 18.9 Å². The fraction of sp³-hybridized carbons (Fsp3) is 0.478. The zero-order chi connectivity index (χ0) is 19.4. The first-order valence-corrected chi connectivity index (χ1v) is 11.2. The summed E-state index contributed by atoms with van der Waals surface area (Å²) < 4.78 is 14.2. The Hall–Kier alpha value is -1.88. The third-order valence-corrected chi connectivity index (χ3v) is 7.86. The number of amides is 1. The lowest BCUT2D eigenvalue weighted by Crippen LogP contribution is -2.42. The molecule has 1 aromatic carbocycles. The minimum absolute atomic E-state index is 0.0543. The second kappa shape index (κ2) is 8.64. The summed E-state index contributed by atoms with van der Waals surface area (Å²) in [6.07, 6.45) is 9.37. The third-order valence-electron chi connectivity index (χ3n) is 6.22. The molecule has 4 rings (SSSR count). The molecule has 2 atom stereocenters. The topological polar surface area (TPSA) is 33.2 Å². The molecule has 1 aromatic heterocycles. The smallest absolute Gasteiger partial charge is 0.224 e. The van der Waals surface area contributed by atoms with Crippen LogP contribution in [0.5, 0.6) is 0 Å². The number of halogens is 1. The molecule has 1 spiro atoms. The molecule has 1 amide bonds. The van der Waals surface area contributed by atoms with Crippen molar-refractivity contribution in [3.05, 3.63) is 65.7 Å². The van der Waals surface area contributed by atoms with Crippen molar-refractivity contribution in [2.24, 2.45) is 5.92 Å². The van der Waals surface area contributed by atoms with Gasteiger partial charge >= 0.3 is 0 Å². The number of aromatic nitrogens is 1. The molecule has 2 unspecified atom stereocenters. The van der Waals surface area contributed by atoms with Crippen LogP contribution in [0.15, 0.2) is 48.8 Å². The van der Waals surface area contributed by atoms with Crippen molar-refractivity contribution in [1.82, 2.24) is 9.88 Å². The fourth-order valence-electron chi connectivity index (χ4n) is 4.70. The summed E-state index contributed by atoms with van der Waals surface area (Å²) in [5.41, 5.74) is 1.86. The van der Waals surface area contributed by atoms with E-state index < -0.39 is 0 Å². The van der Waals surface area contributed by atoms with Gasteiger partial charge in [0.25, 0.3) is 0 Å². The highest BCUT2D eigenvalue weighted by molar-refractivity contribution is 8.00. The van der Waals surface area contributed by atoms with Crippen LogP contribution < -0.4 is 0 Å². The summed E-state index contributed by atoms with van der Waals surface area (Å²) in [6, 6.07) is 11.0. The van der Waals surface area contributed by atoms with Crippen LogP contribution in [0.25, 0.3) is 0 Å². The molecule has 148 valence electrons. The van der Waals surface area contributed by atoms with E-state index in [0.717, 1.165) is 49.1 Å². The van der Waals surface area contributed by atoms with Gasteiger partial charge < -0.3 is 4.90 Å². The van der Waals surface area contributed by atoms with Gasteiger partial charge in [-0.1, -0.05) is 37.1 Å². The Morgan fingerprint density at radius 3 is 2.93 bits per heavy atom. The molecule has 3 nitrogen and oxygen atoms in total. The fourth-order valence-corrected chi connectivity index (χ4v) is 6.37. The van der Waals surface area contributed by atoms with Gasteiger partial charge in [0.2, 0.25) is 5.91 Å². The van der Waals surface area contributed by atoms with E-state index >= 15 is 0 Å². The monoisotopic (exact) mass is 398 g/mol. The van der Waals surface area contributed by atoms with Gasteiger partial charge in [-0.05, 0) is 48.4 Å². The molecule has 0 N–H and O–H groups in total. The van der Waals surface area contributed by atoms with E-state index in [-0.39, 0.29) is 16.5 Å². The minimum Gasteiger partial charge on any atom is -0.337 e. The zero-order valence-electron chi connectivity index (χ0n) is 16.1. The van der Waals surface area contributed by atoms with Gasteiger partial charge in [0, 0.05) is 42.4 Å². The zero-order valence-corrected chi connectivity index (χ0v) is 17.0. The summed E-state index contributed by atoms with van der Waals surface area (Å²) in [4.78, 5) is 19.3. The van der Waals surface area contributed by atoms with Crippen LogP contribution in [0.3, 0.4) is 0 Å². The van der Waals surface area contributed by atoms with E-state index in [9.17, 15) is 9.18 Å². The highest BCUT2D eigenvalue weighted by Gasteiger charge is 2.45. The quantitative estimate of drug-likeness (QED) is 0.738. The van der Waals surface area contributed by atoms with Gasteiger partial charge in [0.15, 0.2) is 0 Å². The first-order valence-electron chi connectivity index (χ1n) is 10.2. The van der Waals surface area contributed by atoms with Gasteiger partial charge in [0.05, 0.1) is 0 Å². The maximum atomic E-state index is 14.3. The highest BCUT2D eigenvalue weighted by Crippen LogP contribution is 2.49. The standard InChI is InChI=1S/C23H27FN2OS/c24-21-9-2-1-7-19(21)14-20-8-3-4-10-23(20)15-22(27)26(12-13-28-23)17-18-6-5-11-25-16-18/h1-2,5-7,9,11,16,20H,3-4,8,10,12-15,17H2. The molecule has 2 aromatic rings. The maximum absolute atomic E-state index is 14.3. The van der Waals surface area contributed by atoms with Crippen molar-refractivity contribution in [3.8, 4) is 0 Å². The largest absolute Gasteiger partial charge is 0.337 e. The molecule has 0 bridgehead atoms. The lowest BCUT2D eigenvalue weighted by molar-refractivity contribution is -0.132. The molecule has 1 aliphatic carbocycles. The lowest BCUT2D eigenvalue weighted by atomic mass is 9.73. The number of nitrogens with zero attached hydrogens (tertiary/aromatic N) is 2. The normalized spacial score (nSPS) is 25.7. The number of pyridine rings is 1. The van der Waals surface area contributed by atoms with E-state index in [1.807, 2.05) is 47.1 Å².